The van der Waals surface area contributed by atoms with E-state index in [0.717, 1.165) is 25.2 Å². The number of amides is 1. The summed E-state index contributed by atoms with van der Waals surface area (Å²) in [5, 5.41) is 7.40. The molecule has 1 aliphatic heterocycles. The van der Waals surface area contributed by atoms with Crippen molar-refractivity contribution < 1.29 is 4.79 Å². The lowest BCUT2D eigenvalue weighted by Gasteiger charge is -2.41. The lowest BCUT2D eigenvalue weighted by atomic mass is 9.94. The van der Waals surface area contributed by atoms with Crippen LogP contribution in [-0.4, -0.2) is 39.2 Å². The Morgan fingerprint density at radius 2 is 1.79 bits per heavy atom. The number of aromatic nitrogens is 2. The van der Waals surface area contributed by atoms with Gasteiger partial charge in [0.25, 0.3) is 5.91 Å². The zero-order chi connectivity index (χ0) is 19.6. The number of benzene rings is 2. The highest BCUT2D eigenvalue weighted by Crippen LogP contribution is 2.25. The fourth-order valence-corrected chi connectivity index (χ4v) is 3.68. The van der Waals surface area contributed by atoms with E-state index in [0.29, 0.717) is 12.1 Å². The van der Waals surface area contributed by atoms with E-state index in [1.54, 1.807) is 17.1 Å². The second-order valence-corrected chi connectivity index (χ2v) is 7.94. The highest BCUT2D eigenvalue weighted by atomic mass is 16.1. The van der Waals surface area contributed by atoms with E-state index in [2.05, 4.69) is 53.4 Å². The SMILES string of the molecule is CC(C)(CNC(=O)c1cnn(-c2ccccc2)c1)N1CCc2ccccc2C1. The summed E-state index contributed by atoms with van der Waals surface area (Å²) >= 11 is 0. The van der Waals surface area contributed by atoms with Gasteiger partial charge in [-0.1, -0.05) is 42.5 Å². The summed E-state index contributed by atoms with van der Waals surface area (Å²) < 4.78 is 1.72. The summed E-state index contributed by atoms with van der Waals surface area (Å²) in [7, 11) is 0. The standard InChI is InChI=1S/C23H26N4O/c1-23(2,26-13-12-18-8-6-7-9-19(18)15-26)17-24-22(28)20-14-25-27(16-20)21-10-4-3-5-11-21/h3-11,14,16H,12-13,15,17H2,1-2H3,(H,24,28). The molecule has 28 heavy (non-hydrogen) atoms. The minimum atomic E-state index is -0.126. The van der Waals surface area contributed by atoms with Crippen LogP contribution in [0.25, 0.3) is 5.69 Å². The first-order valence-corrected chi connectivity index (χ1v) is 9.73. The molecule has 5 nitrogen and oxygen atoms in total. The van der Waals surface area contributed by atoms with Gasteiger partial charge in [-0.25, -0.2) is 4.68 Å². The third kappa shape index (κ3) is 3.85. The molecule has 0 unspecified atom stereocenters. The summed E-state index contributed by atoms with van der Waals surface area (Å²) in [5.41, 5.74) is 4.21. The molecule has 0 bridgehead atoms. The molecule has 3 aromatic rings. The van der Waals surface area contributed by atoms with Gasteiger partial charge < -0.3 is 5.32 Å². The zero-order valence-corrected chi connectivity index (χ0v) is 16.4. The molecule has 0 saturated carbocycles. The van der Waals surface area contributed by atoms with Crippen molar-refractivity contribution >= 4 is 5.91 Å². The van der Waals surface area contributed by atoms with Crippen molar-refractivity contribution in [3.05, 3.63) is 83.7 Å². The number of nitrogens with one attached hydrogen (secondary N) is 1. The van der Waals surface area contributed by atoms with E-state index in [-0.39, 0.29) is 11.4 Å². The molecule has 1 aromatic heterocycles. The number of hydrogen-bond acceptors (Lipinski definition) is 3. The minimum absolute atomic E-state index is 0.0901. The summed E-state index contributed by atoms with van der Waals surface area (Å²) in [6.45, 7) is 6.89. The Hall–Kier alpha value is -2.92. The molecular formula is C23H26N4O. The van der Waals surface area contributed by atoms with Crippen LogP contribution in [0.15, 0.2) is 67.0 Å². The summed E-state index contributed by atoms with van der Waals surface area (Å²) in [6, 6.07) is 18.4. The molecule has 2 aromatic carbocycles. The van der Waals surface area contributed by atoms with Gasteiger partial charge in [0.1, 0.15) is 0 Å². The number of carbonyl (C=O) groups excluding carboxylic acids is 1. The molecule has 0 fully saturated rings. The van der Waals surface area contributed by atoms with Crippen LogP contribution in [0.3, 0.4) is 0 Å². The second kappa shape index (κ2) is 7.60. The molecule has 0 atom stereocenters. The Bertz CT molecular complexity index is 961. The number of carbonyl (C=O) groups is 1. The summed E-state index contributed by atoms with van der Waals surface area (Å²) in [5.74, 6) is -0.0901. The normalized spacial score (nSPS) is 14.5. The maximum Gasteiger partial charge on any atom is 0.254 e. The van der Waals surface area contributed by atoms with Crippen molar-refractivity contribution in [2.24, 2.45) is 0 Å². The monoisotopic (exact) mass is 374 g/mol. The molecule has 0 aliphatic carbocycles. The zero-order valence-electron chi connectivity index (χ0n) is 16.4. The molecule has 1 N–H and O–H groups in total. The van der Waals surface area contributed by atoms with Gasteiger partial charge in [-0.2, -0.15) is 5.10 Å². The molecule has 5 heteroatoms. The number of para-hydroxylation sites is 1. The fraction of sp³-hybridized carbons (Fsp3) is 0.304. The fourth-order valence-electron chi connectivity index (χ4n) is 3.68. The Morgan fingerprint density at radius 3 is 2.57 bits per heavy atom. The topological polar surface area (TPSA) is 50.2 Å². The van der Waals surface area contributed by atoms with Crippen LogP contribution in [0.1, 0.15) is 35.3 Å². The van der Waals surface area contributed by atoms with E-state index in [1.807, 2.05) is 30.3 Å². The Labute approximate surface area is 166 Å². The third-order valence-corrected chi connectivity index (χ3v) is 5.53. The lowest BCUT2D eigenvalue weighted by molar-refractivity contribution is 0.0826. The molecule has 0 radical (unpaired) electrons. The average molecular weight is 374 g/mol. The maximum absolute atomic E-state index is 12.6. The van der Waals surface area contributed by atoms with Gasteiger partial charge in [0.2, 0.25) is 0 Å². The van der Waals surface area contributed by atoms with Crippen LogP contribution in [0.4, 0.5) is 0 Å². The van der Waals surface area contributed by atoms with Crippen molar-refractivity contribution in [2.75, 3.05) is 13.1 Å². The van der Waals surface area contributed by atoms with Gasteiger partial charge in [0, 0.05) is 31.4 Å². The van der Waals surface area contributed by atoms with Gasteiger partial charge in [0.05, 0.1) is 17.4 Å². The van der Waals surface area contributed by atoms with Crippen molar-refractivity contribution in [2.45, 2.75) is 32.4 Å². The van der Waals surface area contributed by atoms with E-state index < -0.39 is 0 Å². The smallest absolute Gasteiger partial charge is 0.254 e. The van der Waals surface area contributed by atoms with E-state index in [9.17, 15) is 4.79 Å². The van der Waals surface area contributed by atoms with Gasteiger partial charge in [-0.3, -0.25) is 9.69 Å². The van der Waals surface area contributed by atoms with Crippen molar-refractivity contribution in [1.82, 2.24) is 20.0 Å². The quantitative estimate of drug-likeness (QED) is 0.744. The molecule has 2 heterocycles. The largest absolute Gasteiger partial charge is 0.350 e. The van der Waals surface area contributed by atoms with E-state index >= 15 is 0 Å². The number of rotatable bonds is 5. The predicted molar refractivity (Wildman–Crippen MR) is 111 cm³/mol. The maximum atomic E-state index is 12.6. The van der Waals surface area contributed by atoms with Crippen LogP contribution in [0.2, 0.25) is 0 Å². The Morgan fingerprint density at radius 1 is 1.07 bits per heavy atom. The molecule has 144 valence electrons. The van der Waals surface area contributed by atoms with Gasteiger partial charge in [-0.15, -0.1) is 0 Å². The van der Waals surface area contributed by atoms with Crippen LogP contribution in [0, 0.1) is 0 Å². The van der Waals surface area contributed by atoms with Crippen molar-refractivity contribution in [1.29, 1.82) is 0 Å². The molecule has 4 rings (SSSR count). The van der Waals surface area contributed by atoms with E-state index in [4.69, 9.17) is 0 Å². The van der Waals surface area contributed by atoms with Crippen LogP contribution >= 0.6 is 0 Å². The first-order chi connectivity index (χ1) is 13.5. The second-order valence-electron chi connectivity index (χ2n) is 7.94. The Balaban J connectivity index is 1.38. The lowest BCUT2D eigenvalue weighted by Crippen LogP contribution is -2.53. The van der Waals surface area contributed by atoms with Gasteiger partial charge in [0.15, 0.2) is 0 Å². The highest BCUT2D eigenvalue weighted by Gasteiger charge is 2.30. The number of fused-ring (bicyclic) bond motifs is 1. The molecule has 1 aliphatic rings. The number of hydrogen-bond donors (Lipinski definition) is 1. The first kappa shape index (κ1) is 18.4. The van der Waals surface area contributed by atoms with Crippen LogP contribution in [0.5, 0.6) is 0 Å². The minimum Gasteiger partial charge on any atom is -0.350 e. The van der Waals surface area contributed by atoms with Crippen LogP contribution in [-0.2, 0) is 13.0 Å². The van der Waals surface area contributed by atoms with Crippen molar-refractivity contribution in [3.8, 4) is 5.69 Å². The van der Waals surface area contributed by atoms with Crippen molar-refractivity contribution in [3.63, 3.8) is 0 Å². The molecule has 0 spiro atoms. The first-order valence-electron chi connectivity index (χ1n) is 9.73. The van der Waals surface area contributed by atoms with E-state index in [1.165, 1.54) is 11.1 Å². The summed E-state index contributed by atoms with van der Waals surface area (Å²) in [4.78, 5) is 15.1. The highest BCUT2D eigenvalue weighted by molar-refractivity contribution is 5.93. The third-order valence-electron chi connectivity index (χ3n) is 5.53. The Kier molecular flexibility index (Phi) is 5.01. The predicted octanol–water partition coefficient (Wildman–Crippen LogP) is 3.44. The summed E-state index contributed by atoms with van der Waals surface area (Å²) in [6.07, 6.45) is 4.44. The van der Waals surface area contributed by atoms with Gasteiger partial charge >= 0.3 is 0 Å². The number of nitrogens with zero attached hydrogens (tertiary/aromatic N) is 3. The average Bonchev–Trinajstić information content (AvgIpc) is 3.23. The van der Waals surface area contributed by atoms with Crippen LogP contribution < -0.4 is 5.32 Å². The molecule has 0 saturated heterocycles. The van der Waals surface area contributed by atoms with Gasteiger partial charge in [-0.05, 0) is 43.5 Å². The molecule has 1 amide bonds. The molecular weight excluding hydrogens is 348 g/mol.